The van der Waals surface area contributed by atoms with E-state index in [0.717, 1.165) is 5.56 Å². The van der Waals surface area contributed by atoms with E-state index in [1.807, 2.05) is 19.1 Å². The van der Waals surface area contributed by atoms with Crippen LogP contribution in [0.15, 0.2) is 48.5 Å². The van der Waals surface area contributed by atoms with Crippen LogP contribution >= 0.6 is 0 Å². The van der Waals surface area contributed by atoms with Gasteiger partial charge in [-0.2, -0.15) is 0 Å². The third kappa shape index (κ3) is 3.19. The van der Waals surface area contributed by atoms with Crippen molar-refractivity contribution < 1.29 is 14.7 Å². The van der Waals surface area contributed by atoms with E-state index in [1.165, 1.54) is 12.1 Å². The molecule has 0 unspecified atom stereocenters. The van der Waals surface area contributed by atoms with Gasteiger partial charge in [-0.05, 0) is 36.8 Å². The fourth-order valence-corrected chi connectivity index (χ4v) is 1.63. The molecule has 19 heavy (non-hydrogen) atoms. The minimum absolute atomic E-state index is 0.0294. The molecule has 4 heteroatoms. The third-order valence-corrected chi connectivity index (χ3v) is 2.67. The number of carbonyl (C=O) groups is 2. The molecule has 4 nitrogen and oxygen atoms in total. The van der Waals surface area contributed by atoms with Crippen LogP contribution in [0.2, 0.25) is 0 Å². The van der Waals surface area contributed by atoms with Gasteiger partial charge in [0.05, 0.1) is 5.97 Å². The van der Waals surface area contributed by atoms with E-state index in [1.54, 1.807) is 24.3 Å². The monoisotopic (exact) mass is 254 g/mol. The van der Waals surface area contributed by atoms with E-state index < -0.39 is 5.97 Å². The van der Waals surface area contributed by atoms with Crippen molar-refractivity contribution in [1.82, 2.24) is 0 Å². The molecule has 0 spiro atoms. The Labute approximate surface area is 110 Å². The Kier molecular flexibility index (Phi) is 3.61. The van der Waals surface area contributed by atoms with Crippen molar-refractivity contribution in [2.45, 2.75) is 6.92 Å². The number of benzene rings is 2. The van der Waals surface area contributed by atoms with Crippen LogP contribution in [0.3, 0.4) is 0 Å². The first-order chi connectivity index (χ1) is 9.06. The van der Waals surface area contributed by atoms with Crippen molar-refractivity contribution in [2.24, 2.45) is 0 Å². The fraction of sp³-hybridized carbons (Fsp3) is 0.0667. The van der Waals surface area contributed by atoms with E-state index in [-0.39, 0.29) is 11.5 Å². The molecule has 1 N–H and O–H groups in total. The van der Waals surface area contributed by atoms with Gasteiger partial charge in [0.2, 0.25) is 0 Å². The third-order valence-electron chi connectivity index (χ3n) is 2.67. The summed E-state index contributed by atoms with van der Waals surface area (Å²) in [6.07, 6.45) is 0. The zero-order valence-electron chi connectivity index (χ0n) is 10.3. The second kappa shape index (κ2) is 5.35. The highest BCUT2D eigenvalue weighted by atomic mass is 16.4. The standard InChI is InChI=1S/C15H13NO3/c1-10-5-7-11(8-6-10)14(17)16-13-4-2-3-12(9-13)15(18)19/h2-9H,1H3,(H,16,17)(H,18,19)/p-1. The molecule has 0 aliphatic heterocycles. The SMILES string of the molecule is Cc1ccc(C(=O)Nc2cccc(C(=O)[O-])c2)cc1. The highest BCUT2D eigenvalue weighted by molar-refractivity contribution is 6.04. The maximum atomic E-state index is 11.9. The number of carbonyl (C=O) groups excluding carboxylic acids is 2. The summed E-state index contributed by atoms with van der Waals surface area (Å²) in [4.78, 5) is 22.7. The van der Waals surface area contributed by atoms with Gasteiger partial charge in [-0.15, -0.1) is 0 Å². The van der Waals surface area contributed by atoms with E-state index >= 15 is 0 Å². The minimum atomic E-state index is -1.27. The summed E-state index contributed by atoms with van der Waals surface area (Å²) in [6, 6.07) is 13.1. The van der Waals surface area contributed by atoms with Gasteiger partial charge in [0.15, 0.2) is 0 Å². The summed E-state index contributed by atoms with van der Waals surface area (Å²) in [5.41, 5.74) is 2.04. The van der Waals surface area contributed by atoms with Crippen LogP contribution in [0.5, 0.6) is 0 Å². The van der Waals surface area contributed by atoms with Gasteiger partial charge in [-0.25, -0.2) is 0 Å². The average Bonchev–Trinajstić information content (AvgIpc) is 2.39. The van der Waals surface area contributed by atoms with E-state index in [2.05, 4.69) is 5.32 Å². The summed E-state index contributed by atoms with van der Waals surface area (Å²) in [5.74, 6) is -1.55. The molecule has 0 radical (unpaired) electrons. The molecular weight excluding hydrogens is 242 g/mol. The number of hydrogen-bond donors (Lipinski definition) is 1. The average molecular weight is 254 g/mol. The number of hydrogen-bond acceptors (Lipinski definition) is 3. The molecule has 0 saturated carbocycles. The van der Waals surface area contributed by atoms with E-state index in [4.69, 9.17) is 0 Å². The number of aromatic carboxylic acids is 1. The quantitative estimate of drug-likeness (QED) is 0.904. The highest BCUT2D eigenvalue weighted by Crippen LogP contribution is 2.12. The lowest BCUT2D eigenvalue weighted by atomic mass is 10.1. The van der Waals surface area contributed by atoms with Crippen LogP contribution in [0.4, 0.5) is 5.69 Å². The minimum Gasteiger partial charge on any atom is -0.545 e. The Hall–Kier alpha value is -2.62. The molecule has 0 atom stereocenters. The van der Waals surface area contributed by atoms with Crippen LogP contribution in [-0.2, 0) is 0 Å². The largest absolute Gasteiger partial charge is 0.545 e. The number of aryl methyl sites for hydroxylation is 1. The maximum absolute atomic E-state index is 11.9. The summed E-state index contributed by atoms with van der Waals surface area (Å²) in [7, 11) is 0. The lowest BCUT2D eigenvalue weighted by Crippen LogP contribution is -2.22. The van der Waals surface area contributed by atoms with Gasteiger partial charge in [0, 0.05) is 11.3 Å². The van der Waals surface area contributed by atoms with Crippen LogP contribution in [0.25, 0.3) is 0 Å². The fourth-order valence-electron chi connectivity index (χ4n) is 1.63. The number of amides is 1. The van der Waals surface area contributed by atoms with Crippen molar-refractivity contribution in [3.8, 4) is 0 Å². The molecular formula is C15H12NO3-. The molecule has 0 fully saturated rings. The number of carboxylic acids is 1. The van der Waals surface area contributed by atoms with E-state index in [0.29, 0.717) is 11.3 Å². The van der Waals surface area contributed by atoms with Crippen molar-refractivity contribution in [3.05, 3.63) is 65.2 Å². The molecule has 0 aliphatic carbocycles. The predicted molar refractivity (Wildman–Crippen MR) is 69.9 cm³/mol. The zero-order valence-corrected chi connectivity index (χ0v) is 10.3. The lowest BCUT2D eigenvalue weighted by molar-refractivity contribution is -0.255. The summed E-state index contributed by atoms with van der Waals surface area (Å²) in [5, 5.41) is 13.4. The Morgan fingerprint density at radius 2 is 1.68 bits per heavy atom. The van der Waals surface area contributed by atoms with Crippen molar-refractivity contribution in [2.75, 3.05) is 5.32 Å². The van der Waals surface area contributed by atoms with Gasteiger partial charge in [0.25, 0.3) is 5.91 Å². The Morgan fingerprint density at radius 3 is 2.32 bits per heavy atom. The zero-order chi connectivity index (χ0) is 13.8. The summed E-state index contributed by atoms with van der Waals surface area (Å²) in [6.45, 7) is 1.94. The predicted octanol–water partition coefficient (Wildman–Crippen LogP) is 1.61. The van der Waals surface area contributed by atoms with Crippen LogP contribution in [0, 0.1) is 6.92 Å². The van der Waals surface area contributed by atoms with Gasteiger partial charge >= 0.3 is 0 Å². The molecule has 2 aromatic carbocycles. The second-order valence-electron chi connectivity index (χ2n) is 4.19. The summed E-state index contributed by atoms with van der Waals surface area (Å²) < 4.78 is 0. The molecule has 1 amide bonds. The van der Waals surface area contributed by atoms with Crippen molar-refractivity contribution in [3.63, 3.8) is 0 Å². The van der Waals surface area contributed by atoms with E-state index in [9.17, 15) is 14.7 Å². The molecule has 0 saturated heterocycles. The molecule has 2 rings (SSSR count). The lowest BCUT2D eigenvalue weighted by Gasteiger charge is -2.08. The maximum Gasteiger partial charge on any atom is 0.255 e. The van der Waals surface area contributed by atoms with Crippen molar-refractivity contribution >= 4 is 17.6 Å². The van der Waals surface area contributed by atoms with Gasteiger partial charge in [-0.1, -0.05) is 29.8 Å². The number of anilines is 1. The van der Waals surface area contributed by atoms with Crippen LogP contribution in [-0.4, -0.2) is 11.9 Å². The molecule has 0 bridgehead atoms. The number of carboxylic acid groups (broad SMARTS) is 1. The van der Waals surface area contributed by atoms with Crippen LogP contribution in [0.1, 0.15) is 26.3 Å². The topological polar surface area (TPSA) is 69.2 Å². The molecule has 0 aliphatic rings. The smallest absolute Gasteiger partial charge is 0.255 e. The molecule has 0 aromatic heterocycles. The number of rotatable bonds is 3. The molecule has 2 aromatic rings. The molecule has 96 valence electrons. The van der Waals surface area contributed by atoms with Crippen LogP contribution < -0.4 is 10.4 Å². The Balaban J connectivity index is 2.17. The second-order valence-corrected chi connectivity index (χ2v) is 4.19. The molecule has 0 heterocycles. The van der Waals surface area contributed by atoms with Gasteiger partial charge in [-0.3, -0.25) is 4.79 Å². The van der Waals surface area contributed by atoms with Gasteiger partial charge in [0.1, 0.15) is 0 Å². The first-order valence-corrected chi connectivity index (χ1v) is 5.76. The Morgan fingerprint density at radius 1 is 1.00 bits per heavy atom. The van der Waals surface area contributed by atoms with Gasteiger partial charge < -0.3 is 15.2 Å². The Bertz CT molecular complexity index is 618. The first kappa shape index (κ1) is 12.8. The van der Waals surface area contributed by atoms with Crippen molar-refractivity contribution in [1.29, 1.82) is 0 Å². The highest BCUT2D eigenvalue weighted by Gasteiger charge is 2.06. The number of nitrogens with one attached hydrogen (secondary N) is 1. The normalized spacial score (nSPS) is 9.95. The first-order valence-electron chi connectivity index (χ1n) is 5.76. The summed E-state index contributed by atoms with van der Waals surface area (Å²) >= 11 is 0.